The minimum Gasteiger partial charge on any atom is -0.394 e. The molecular weight excluding hydrogens is 170 g/mol. The van der Waals surface area contributed by atoms with Crippen LogP contribution in [0.4, 0.5) is 0 Å². The Morgan fingerprint density at radius 3 is 3.00 bits per heavy atom. The van der Waals surface area contributed by atoms with Gasteiger partial charge in [-0.1, -0.05) is 12.1 Å². The number of hydrogen-bond donors (Lipinski definition) is 2. The topological polar surface area (TPSA) is 85.2 Å². The van der Waals surface area contributed by atoms with Gasteiger partial charge in [0, 0.05) is 5.92 Å². The molecule has 0 aromatic carbocycles. The molecule has 0 saturated heterocycles. The second-order valence-corrected chi connectivity index (χ2v) is 3.60. The third-order valence-electron chi connectivity index (χ3n) is 2.41. The fraction of sp³-hybridized carbons (Fsp3) is 0.750. The predicted octanol–water partition coefficient (Wildman–Crippen LogP) is 0.185. The Bertz CT molecular complexity index is 281. The number of aliphatic hydroxyl groups is 1. The number of nitrogens with two attached hydrogens (primary N) is 1. The molecule has 3 atom stereocenters. The molecule has 13 heavy (non-hydrogen) atoms. The average Bonchev–Trinajstić information content (AvgIpc) is 2.70. The van der Waals surface area contributed by atoms with E-state index in [0.717, 1.165) is 12.2 Å². The van der Waals surface area contributed by atoms with Crippen molar-refractivity contribution in [3.8, 4) is 0 Å². The van der Waals surface area contributed by atoms with Crippen LogP contribution in [-0.2, 0) is 0 Å². The molecule has 1 aliphatic rings. The highest BCUT2D eigenvalue weighted by Crippen LogP contribution is 2.45. The molecule has 1 aliphatic carbocycles. The van der Waals surface area contributed by atoms with Crippen LogP contribution in [0.5, 0.6) is 0 Å². The molecule has 0 amide bonds. The summed E-state index contributed by atoms with van der Waals surface area (Å²) in [5.74, 6) is 2.14. The van der Waals surface area contributed by atoms with E-state index in [2.05, 4.69) is 17.1 Å². The fourth-order valence-electron chi connectivity index (χ4n) is 1.31. The van der Waals surface area contributed by atoms with Crippen molar-refractivity contribution in [2.45, 2.75) is 25.3 Å². The summed E-state index contributed by atoms with van der Waals surface area (Å²) in [6, 6.07) is -0.546. The van der Waals surface area contributed by atoms with Crippen LogP contribution in [0.25, 0.3) is 0 Å². The van der Waals surface area contributed by atoms with Gasteiger partial charge < -0.3 is 15.4 Å². The molecule has 1 saturated carbocycles. The van der Waals surface area contributed by atoms with E-state index in [9.17, 15) is 0 Å². The summed E-state index contributed by atoms with van der Waals surface area (Å²) in [5, 5.41) is 12.6. The third kappa shape index (κ3) is 1.57. The van der Waals surface area contributed by atoms with Crippen LogP contribution >= 0.6 is 0 Å². The van der Waals surface area contributed by atoms with Gasteiger partial charge in [0.25, 0.3) is 0 Å². The molecule has 0 spiro atoms. The Morgan fingerprint density at radius 1 is 1.77 bits per heavy atom. The molecule has 0 bridgehead atoms. The minimum atomic E-state index is -0.546. The van der Waals surface area contributed by atoms with Crippen molar-refractivity contribution < 1.29 is 9.63 Å². The molecule has 5 nitrogen and oxygen atoms in total. The summed E-state index contributed by atoms with van der Waals surface area (Å²) in [7, 11) is 0. The number of rotatable bonds is 3. The van der Waals surface area contributed by atoms with Crippen LogP contribution < -0.4 is 5.73 Å². The largest absolute Gasteiger partial charge is 0.394 e. The molecular formula is C8H13N3O2. The zero-order valence-electron chi connectivity index (χ0n) is 7.47. The Kier molecular flexibility index (Phi) is 2.05. The Hall–Kier alpha value is -0.940. The number of hydrogen-bond acceptors (Lipinski definition) is 5. The van der Waals surface area contributed by atoms with Gasteiger partial charge >= 0.3 is 0 Å². The van der Waals surface area contributed by atoms with E-state index < -0.39 is 6.04 Å². The molecule has 1 heterocycles. The van der Waals surface area contributed by atoms with Gasteiger partial charge in [-0.05, 0) is 12.3 Å². The summed E-state index contributed by atoms with van der Waals surface area (Å²) in [6.45, 7) is 1.98. The van der Waals surface area contributed by atoms with Crippen molar-refractivity contribution in [1.29, 1.82) is 0 Å². The van der Waals surface area contributed by atoms with E-state index in [-0.39, 0.29) is 6.61 Å². The first-order valence-corrected chi connectivity index (χ1v) is 4.42. The summed E-state index contributed by atoms with van der Waals surface area (Å²) < 4.78 is 4.92. The lowest BCUT2D eigenvalue weighted by atomic mass is 10.3. The number of nitrogens with zero attached hydrogens (tertiary/aromatic N) is 2. The number of aliphatic hydroxyl groups excluding tert-OH is 1. The van der Waals surface area contributed by atoms with Crippen molar-refractivity contribution in [3.05, 3.63) is 11.7 Å². The molecule has 72 valence electrons. The second kappa shape index (κ2) is 3.08. The predicted molar refractivity (Wildman–Crippen MR) is 44.8 cm³/mol. The van der Waals surface area contributed by atoms with E-state index in [4.69, 9.17) is 15.4 Å². The molecule has 2 rings (SSSR count). The summed E-state index contributed by atoms with van der Waals surface area (Å²) in [6.07, 6.45) is 1.12. The highest BCUT2D eigenvalue weighted by atomic mass is 16.5. The van der Waals surface area contributed by atoms with E-state index in [1.807, 2.05) is 0 Å². The highest BCUT2D eigenvalue weighted by molar-refractivity contribution is 5.08. The maximum absolute atomic E-state index is 8.75. The monoisotopic (exact) mass is 183 g/mol. The van der Waals surface area contributed by atoms with E-state index in [1.54, 1.807) is 0 Å². The standard InChI is InChI=1S/C8H13N3O2/c1-4-2-5(4)7-10-8(13-11-7)6(9)3-12/h4-6,12H,2-3,9H2,1H3/t4?,5?,6-/m1/s1. The molecule has 3 N–H and O–H groups in total. The van der Waals surface area contributed by atoms with E-state index >= 15 is 0 Å². The summed E-state index contributed by atoms with van der Waals surface area (Å²) in [5.41, 5.74) is 5.52. The van der Waals surface area contributed by atoms with Crippen molar-refractivity contribution in [2.24, 2.45) is 11.7 Å². The van der Waals surface area contributed by atoms with Crippen molar-refractivity contribution in [3.63, 3.8) is 0 Å². The zero-order valence-corrected chi connectivity index (χ0v) is 7.47. The second-order valence-electron chi connectivity index (χ2n) is 3.60. The zero-order chi connectivity index (χ0) is 9.42. The molecule has 5 heteroatoms. The summed E-state index contributed by atoms with van der Waals surface area (Å²) in [4.78, 5) is 4.13. The fourth-order valence-corrected chi connectivity index (χ4v) is 1.31. The van der Waals surface area contributed by atoms with Gasteiger partial charge in [-0.15, -0.1) is 0 Å². The lowest BCUT2D eigenvalue weighted by Gasteiger charge is -1.98. The minimum absolute atomic E-state index is 0.165. The lowest BCUT2D eigenvalue weighted by Crippen LogP contribution is -2.14. The molecule has 0 aliphatic heterocycles. The van der Waals surface area contributed by atoms with Gasteiger partial charge in [-0.2, -0.15) is 4.98 Å². The van der Waals surface area contributed by atoms with Crippen molar-refractivity contribution in [2.75, 3.05) is 6.61 Å². The smallest absolute Gasteiger partial charge is 0.245 e. The highest BCUT2D eigenvalue weighted by Gasteiger charge is 2.38. The van der Waals surface area contributed by atoms with Gasteiger partial charge in [-0.3, -0.25) is 0 Å². The van der Waals surface area contributed by atoms with E-state index in [1.165, 1.54) is 0 Å². The van der Waals surface area contributed by atoms with Crippen LogP contribution in [0.3, 0.4) is 0 Å². The van der Waals surface area contributed by atoms with Crippen molar-refractivity contribution in [1.82, 2.24) is 10.1 Å². The normalized spacial score (nSPS) is 28.8. The van der Waals surface area contributed by atoms with Gasteiger partial charge in [-0.25, -0.2) is 0 Å². The first-order valence-electron chi connectivity index (χ1n) is 4.42. The maximum Gasteiger partial charge on any atom is 0.245 e. The van der Waals surface area contributed by atoms with Crippen LogP contribution in [0.2, 0.25) is 0 Å². The first kappa shape index (κ1) is 8.65. The van der Waals surface area contributed by atoms with Crippen LogP contribution in [-0.4, -0.2) is 21.9 Å². The van der Waals surface area contributed by atoms with Crippen LogP contribution in [0, 0.1) is 5.92 Å². The molecule has 2 unspecified atom stereocenters. The molecule has 1 fully saturated rings. The molecule has 1 aromatic heterocycles. The Balaban J connectivity index is 2.09. The van der Waals surface area contributed by atoms with Gasteiger partial charge in [0.1, 0.15) is 6.04 Å². The average molecular weight is 183 g/mol. The summed E-state index contributed by atoms with van der Waals surface area (Å²) >= 11 is 0. The van der Waals surface area contributed by atoms with Crippen LogP contribution in [0.1, 0.15) is 37.0 Å². The molecule has 0 radical (unpaired) electrons. The maximum atomic E-state index is 8.75. The van der Waals surface area contributed by atoms with Crippen LogP contribution in [0.15, 0.2) is 4.52 Å². The van der Waals surface area contributed by atoms with Gasteiger partial charge in [0.15, 0.2) is 5.82 Å². The number of aromatic nitrogens is 2. The lowest BCUT2D eigenvalue weighted by molar-refractivity contribution is 0.236. The Morgan fingerprint density at radius 2 is 2.46 bits per heavy atom. The SMILES string of the molecule is CC1CC1c1noc([C@H](N)CO)n1. The van der Waals surface area contributed by atoms with Crippen molar-refractivity contribution >= 4 is 0 Å². The Labute approximate surface area is 75.9 Å². The molecule has 1 aromatic rings. The van der Waals surface area contributed by atoms with Gasteiger partial charge in [0.2, 0.25) is 5.89 Å². The quantitative estimate of drug-likeness (QED) is 0.698. The van der Waals surface area contributed by atoms with E-state index in [0.29, 0.717) is 17.7 Å². The third-order valence-corrected chi connectivity index (χ3v) is 2.41. The first-order chi connectivity index (χ1) is 6.22. The van der Waals surface area contributed by atoms with Gasteiger partial charge in [0.05, 0.1) is 6.61 Å².